The van der Waals surface area contributed by atoms with Crippen molar-refractivity contribution in [1.82, 2.24) is 0 Å². The van der Waals surface area contributed by atoms with Gasteiger partial charge in [-0.25, -0.2) is 8.78 Å². The fourth-order valence-electron chi connectivity index (χ4n) is 1.31. The van der Waals surface area contributed by atoms with E-state index in [2.05, 4.69) is 0 Å². The standard InChI is InChI=1S/C10H12F2.C2H6/c1-7-4-5-9(8(2)6-7)10(3,11)12;1-2/h4-6H,1-3H3;1-2H3. The molecule has 0 aliphatic rings. The number of alkyl halides is 2. The maximum Gasteiger partial charge on any atom is 0.270 e. The summed E-state index contributed by atoms with van der Waals surface area (Å²) in [5.41, 5.74) is 1.79. The molecule has 80 valence electrons. The van der Waals surface area contributed by atoms with Gasteiger partial charge in [0.25, 0.3) is 5.92 Å². The van der Waals surface area contributed by atoms with Crippen LogP contribution < -0.4 is 0 Å². The zero-order valence-electron chi connectivity index (χ0n) is 9.49. The molecule has 0 N–H and O–H groups in total. The minimum atomic E-state index is -2.72. The van der Waals surface area contributed by atoms with Gasteiger partial charge in [-0.05, 0) is 19.4 Å². The van der Waals surface area contributed by atoms with Gasteiger partial charge in [0.1, 0.15) is 0 Å². The molecule has 1 aromatic carbocycles. The molecule has 0 fully saturated rings. The summed E-state index contributed by atoms with van der Waals surface area (Å²) in [4.78, 5) is 0. The molecule has 0 aromatic heterocycles. The van der Waals surface area contributed by atoms with Gasteiger partial charge in [0.15, 0.2) is 0 Å². The molecule has 0 spiro atoms. The second kappa shape index (κ2) is 5.08. The Balaban J connectivity index is 0.000000791. The van der Waals surface area contributed by atoms with Crippen molar-refractivity contribution in [1.29, 1.82) is 0 Å². The molecule has 0 saturated carbocycles. The lowest BCUT2D eigenvalue weighted by molar-refractivity contribution is 0.0168. The molecule has 0 atom stereocenters. The Morgan fingerprint density at radius 2 is 1.57 bits per heavy atom. The molecule has 14 heavy (non-hydrogen) atoms. The van der Waals surface area contributed by atoms with E-state index in [0.717, 1.165) is 12.5 Å². The first-order chi connectivity index (χ1) is 6.41. The molecule has 1 rings (SSSR count). The summed E-state index contributed by atoms with van der Waals surface area (Å²) in [7, 11) is 0. The number of hydrogen-bond donors (Lipinski definition) is 0. The lowest BCUT2D eigenvalue weighted by Gasteiger charge is -2.13. The van der Waals surface area contributed by atoms with E-state index < -0.39 is 5.92 Å². The van der Waals surface area contributed by atoms with Crippen molar-refractivity contribution in [2.75, 3.05) is 0 Å². The highest BCUT2D eigenvalue weighted by molar-refractivity contribution is 5.32. The van der Waals surface area contributed by atoms with Crippen molar-refractivity contribution in [3.05, 3.63) is 34.9 Å². The smallest absolute Gasteiger partial charge is 0.202 e. The molecule has 0 aliphatic carbocycles. The van der Waals surface area contributed by atoms with Gasteiger partial charge in [-0.1, -0.05) is 37.6 Å². The lowest BCUT2D eigenvalue weighted by Crippen LogP contribution is -2.08. The van der Waals surface area contributed by atoms with Crippen molar-refractivity contribution < 1.29 is 8.78 Å². The summed E-state index contributed by atoms with van der Waals surface area (Å²) < 4.78 is 25.7. The van der Waals surface area contributed by atoms with E-state index in [1.54, 1.807) is 19.1 Å². The van der Waals surface area contributed by atoms with Crippen LogP contribution >= 0.6 is 0 Å². The summed E-state index contributed by atoms with van der Waals surface area (Å²) in [6, 6.07) is 4.97. The van der Waals surface area contributed by atoms with Crippen LogP contribution in [-0.4, -0.2) is 0 Å². The average Bonchev–Trinajstić information content (AvgIpc) is 2.05. The SMILES string of the molecule is CC.Cc1ccc(C(C)(F)F)c(C)c1. The number of rotatable bonds is 1. The number of halogens is 2. The Bertz CT molecular complexity index is 285. The molecular formula is C12H18F2. The highest BCUT2D eigenvalue weighted by Gasteiger charge is 2.25. The zero-order valence-corrected chi connectivity index (χ0v) is 9.49. The molecule has 0 saturated heterocycles. The van der Waals surface area contributed by atoms with Crippen LogP contribution in [0, 0.1) is 13.8 Å². The van der Waals surface area contributed by atoms with Crippen molar-refractivity contribution in [3.63, 3.8) is 0 Å². The van der Waals surface area contributed by atoms with Crippen LogP contribution in [0.25, 0.3) is 0 Å². The quantitative estimate of drug-likeness (QED) is 0.628. The highest BCUT2D eigenvalue weighted by atomic mass is 19.3. The number of aryl methyl sites for hydroxylation is 2. The first-order valence-corrected chi connectivity index (χ1v) is 4.87. The van der Waals surface area contributed by atoms with Gasteiger partial charge >= 0.3 is 0 Å². The highest BCUT2D eigenvalue weighted by Crippen LogP contribution is 2.29. The number of benzene rings is 1. The molecule has 0 amide bonds. The zero-order chi connectivity index (χ0) is 11.4. The van der Waals surface area contributed by atoms with E-state index in [1.165, 1.54) is 6.07 Å². The van der Waals surface area contributed by atoms with Crippen LogP contribution in [0.1, 0.15) is 37.5 Å². The molecule has 1 aromatic rings. The minimum Gasteiger partial charge on any atom is -0.202 e. The summed E-state index contributed by atoms with van der Waals surface area (Å²) >= 11 is 0. The molecule has 2 heteroatoms. The topological polar surface area (TPSA) is 0 Å². The monoisotopic (exact) mass is 200 g/mol. The van der Waals surface area contributed by atoms with Crippen LogP contribution in [0.15, 0.2) is 18.2 Å². The summed E-state index contributed by atoms with van der Waals surface area (Å²) in [6.45, 7) is 8.52. The van der Waals surface area contributed by atoms with E-state index in [0.29, 0.717) is 5.56 Å². The molecule has 0 bridgehead atoms. The second-order valence-corrected chi connectivity index (χ2v) is 3.21. The fourth-order valence-corrected chi connectivity index (χ4v) is 1.31. The largest absolute Gasteiger partial charge is 0.270 e. The third kappa shape index (κ3) is 3.44. The van der Waals surface area contributed by atoms with Gasteiger partial charge in [0.05, 0.1) is 0 Å². The third-order valence-electron chi connectivity index (χ3n) is 1.85. The van der Waals surface area contributed by atoms with Crippen LogP contribution in [0.5, 0.6) is 0 Å². The van der Waals surface area contributed by atoms with Crippen LogP contribution in [0.4, 0.5) is 8.78 Å². The molecule has 0 heterocycles. The Kier molecular flexibility index (Phi) is 4.75. The van der Waals surface area contributed by atoms with E-state index in [-0.39, 0.29) is 5.56 Å². The first-order valence-electron chi connectivity index (χ1n) is 4.87. The maximum absolute atomic E-state index is 12.8. The van der Waals surface area contributed by atoms with E-state index in [1.807, 2.05) is 20.8 Å². The lowest BCUT2D eigenvalue weighted by atomic mass is 10.0. The van der Waals surface area contributed by atoms with Gasteiger partial charge in [0, 0.05) is 12.5 Å². The van der Waals surface area contributed by atoms with Gasteiger partial charge in [0.2, 0.25) is 0 Å². The van der Waals surface area contributed by atoms with Crippen molar-refractivity contribution in [2.45, 2.75) is 40.5 Å². The van der Waals surface area contributed by atoms with E-state index in [4.69, 9.17) is 0 Å². The molecule has 0 nitrogen and oxygen atoms in total. The molecule has 0 aliphatic heterocycles. The Morgan fingerprint density at radius 3 is 1.93 bits per heavy atom. The predicted molar refractivity (Wildman–Crippen MR) is 56.8 cm³/mol. The van der Waals surface area contributed by atoms with Crippen LogP contribution in [0.2, 0.25) is 0 Å². The number of hydrogen-bond acceptors (Lipinski definition) is 0. The third-order valence-corrected chi connectivity index (χ3v) is 1.85. The Labute approximate surface area is 85.0 Å². The minimum absolute atomic E-state index is 0.119. The van der Waals surface area contributed by atoms with Crippen molar-refractivity contribution >= 4 is 0 Å². The fraction of sp³-hybridized carbons (Fsp3) is 0.500. The molecule has 0 unspecified atom stereocenters. The normalized spacial score (nSPS) is 10.5. The Morgan fingerprint density at radius 1 is 1.07 bits per heavy atom. The van der Waals surface area contributed by atoms with E-state index in [9.17, 15) is 8.78 Å². The predicted octanol–water partition coefficient (Wildman–Crippen LogP) is 4.44. The van der Waals surface area contributed by atoms with Gasteiger partial charge in [-0.2, -0.15) is 0 Å². The summed E-state index contributed by atoms with van der Waals surface area (Å²) in [6.07, 6.45) is 0. The van der Waals surface area contributed by atoms with Crippen LogP contribution in [-0.2, 0) is 5.92 Å². The summed E-state index contributed by atoms with van der Waals surface area (Å²) in [5.74, 6) is -2.72. The van der Waals surface area contributed by atoms with Gasteiger partial charge in [-0.3, -0.25) is 0 Å². The maximum atomic E-state index is 12.8. The van der Waals surface area contributed by atoms with Crippen molar-refractivity contribution in [3.8, 4) is 0 Å². The van der Waals surface area contributed by atoms with Gasteiger partial charge < -0.3 is 0 Å². The average molecular weight is 200 g/mol. The Hall–Kier alpha value is -0.920. The molecular weight excluding hydrogens is 182 g/mol. The van der Waals surface area contributed by atoms with Crippen LogP contribution in [0.3, 0.4) is 0 Å². The molecule has 0 radical (unpaired) electrons. The van der Waals surface area contributed by atoms with E-state index >= 15 is 0 Å². The van der Waals surface area contributed by atoms with Gasteiger partial charge in [-0.15, -0.1) is 0 Å². The summed E-state index contributed by atoms with van der Waals surface area (Å²) in [5, 5.41) is 0. The second-order valence-electron chi connectivity index (χ2n) is 3.21. The van der Waals surface area contributed by atoms with Crippen molar-refractivity contribution in [2.24, 2.45) is 0 Å². The first kappa shape index (κ1) is 13.1.